The molecule has 1 aliphatic rings. The fourth-order valence-corrected chi connectivity index (χ4v) is 1.95. The molecular weight excluding hydrogens is 204 g/mol. The second kappa shape index (κ2) is 4.32. The molecule has 0 unspecified atom stereocenters. The molecule has 0 saturated heterocycles. The normalized spacial score (nSPS) is 15.6. The summed E-state index contributed by atoms with van der Waals surface area (Å²) < 4.78 is 0. The molecule has 0 fully saturated rings. The van der Waals surface area contributed by atoms with Crippen molar-refractivity contribution in [2.45, 2.75) is 6.42 Å². The van der Waals surface area contributed by atoms with Crippen LogP contribution in [0.5, 0.6) is 0 Å². The van der Waals surface area contributed by atoms with Gasteiger partial charge in [0.15, 0.2) is 0 Å². The van der Waals surface area contributed by atoms with E-state index in [-0.39, 0.29) is 0 Å². The van der Waals surface area contributed by atoms with Gasteiger partial charge in [-0.15, -0.1) is 0 Å². The van der Waals surface area contributed by atoms with Gasteiger partial charge >= 0.3 is 0 Å². The van der Waals surface area contributed by atoms with Gasteiger partial charge in [-0.1, -0.05) is 54.7 Å². The minimum Gasteiger partial charge on any atom is -0.285 e. The monoisotopic (exact) mass is 213 g/mol. The average Bonchev–Trinajstić information content (AvgIpc) is 2.29. The summed E-state index contributed by atoms with van der Waals surface area (Å²) in [6, 6.07) is 9.73. The molecule has 1 aliphatic carbocycles. The van der Waals surface area contributed by atoms with Crippen molar-refractivity contribution < 1.29 is 4.79 Å². The Morgan fingerprint density at radius 3 is 2.60 bits per heavy atom. The van der Waals surface area contributed by atoms with Gasteiger partial charge in [0.05, 0.1) is 0 Å². The first-order valence-electron chi connectivity index (χ1n) is 4.70. The molecule has 15 heavy (non-hydrogen) atoms. The van der Waals surface area contributed by atoms with E-state index in [4.69, 9.17) is 12.2 Å². The molecule has 0 atom stereocenters. The maximum Gasteiger partial charge on any atom is 0.234 e. The van der Waals surface area contributed by atoms with Crippen molar-refractivity contribution in [1.29, 1.82) is 0 Å². The maximum absolute atomic E-state index is 10.8. The van der Waals surface area contributed by atoms with Crippen molar-refractivity contribution in [1.82, 2.24) is 0 Å². The molecule has 0 aromatic heterocycles. The molecule has 0 heterocycles. The van der Waals surface area contributed by atoms with Crippen molar-refractivity contribution in [3.05, 3.63) is 53.6 Å². The molecule has 1 aromatic carbocycles. The Hall–Kier alpha value is -1.54. The van der Waals surface area contributed by atoms with Crippen LogP contribution in [0.15, 0.2) is 48.1 Å². The van der Waals surface area contributed by atoms with Gasteiger partial charge in [-0.05, 0) is 5.56 Å². The fourth-order valence-electron chi connectivity index (χ4n) is 1.63. The molecule has 0 aliphatic heterocycles. The van der Waals surface area contributed by atoms with Crippen LogP contribution in [0.25, 0.3) is 5.57 Å². The third-order valence-electron chi connectivity index (χ3n) is 2.31. The molecule has 2 rings (SSSR count). The third kappa shape index (κ3) is 1.95. The molecule has 0 spiro atoms. The predicted molar refractivity (Wildman–Crippen MR) is 65.4 cm³/mol. The number of benzene rings is 1. The highest BCUT2D eigenvalue weighted by Crippen LogP contribution is 2.25. The van der Waals surface area contributed by atoms with Gasteiger partial charge < -0.3 is 0 Å². The Bertz CT molecular complexity index is 455. The van der Waals surface area contributed by atoms with Gasteiger partial charge in [-0.25, -0.2) is 0 Å². The van der Waals surface area contributed by atoms with E-state index >= 15 is 0 Å². The van der Waals surface area contributed by atoms with E-state index in [0.717, 1.165) is 22.4 Å². The van der Waals surface area contributed by atoms with E-state index in [9.17, 15) is 4.79 Å². The lowest BCUT2D eigenvalue weighted by atomic mass is 9.92. The number of carbonyl (C=O) groups excluding carboxylic acids is 1. The molecule has 0 saturated carbocycles. The minimum atomic E-state index is 0.553. The van der Waals surface area contributed by atoms with Crippen LogP contribution in [0.2, 0.25) is 0 Å². The van der Waals surface area contributed by atoms with Gasteiger partial charge in [-0.3, -0.25) is 4.79 Å². The summed E-state index contributed by atoms with van der Waals surface area (Å²) in [5, 5.41) is 0. The molecule has 1 aromatic rings. The Morgan fingerprint density at radius 2 is 1.93 bits per heavy atom. The lowest BCUT2D eigenvalue weighted by Gasteiger charge is -2.13. The molecular formula is C13H9OS. The second-order valence-corrected chi connectivity index (χ2v) is 3.78. The average molecular weight is 213 g/mol. The van der Waals surface area contributed by atoms with Crippen LogP contribution in [-0.2, 0) is 4.79 Å². The van der Waals surface area contributed by atoms with E-state index in [1.54, 1.807) is 6.08 Å². The third-order valence-corrected chi connectivity index (χ3v) is 2.68. The molecule has 1 radical (unpaired) electrons. The summed E-state index contributed by atoms with van der Waals surface area (Å²) in [6.07, 6.45) is 6.35. The van der Waals surface area contributed by atoms with Crippen molar-refractivity contribution in [2.75, 3.05) is 0 Å². The summed E-state index contributed by atoms with van der Waals surface area (Å²) in [5.74, 6) is 0. The Labute approximate surface area is 94.1 Å². The van der Waals surface area contributed by atoms with Gasteiger partial charge in [0.1, 0.15) is 0 Å². The number of hydrogen-bond donors (Lipinski definition) is 0. The van der Waals surface area contributed by atoms with Crippen LogP contribution < -0.4 is 0 Å². The van der Waals surface area contributed by atoms with Crippen molar-refractivity contribution >= 4 is 28.9 Å². The SMILES string of the molecule is O=[C]C1=C(c2ccccc2)C(=S)CC=C1. The highest BCUT2D eigenvalue weighted by atomic mass is 32.1. The molecule has 1 nitrogen and oxygen atoms in total. The van der Waals surface area contributed by atoms with Crippen LogP contribution in [0.4, 0.5) is 0 Å². The molecule has 73 valence electrons. The highest BCUT2D eigenvalue weighted by molar-refractivity contribution is 7.81. The van der Waals surface area contributed by atoms with Crippen LogP contribution >= 0.6 is 12.2 Å². The predicted octanol–water partition coefficient (Wildman–Crippen LogP) is 2.88. The Morgan fingerprint density at radius 1 is 1.20 bits per heavy atom. The Kier molecular flexibility index (Phi) is 2.88. The molecule has 0 N–H and O–H groups in total. The molecule has 2 heteroatoms. The van der Waals surface area contributed by atoms with E-state index in [2.05, 4.69) is 0 Å². The van der Waals surface area contributed by atoms with Crippen molar-refractivity contribution in [3.8, 4) is 0 Å². The lowest BCUT2D eigenvalue weighted by Crippen LogP contribution is -2.05. The summed E-state index contributed by atoms with van der Waals surface area (Å²) in [7, 11) is 0. The van der Waals surface area contributed by atoms with E-state index in [1.165, 1.54) is 0 Å². The quantitative estimate of drug-likeness (QED) is 0.703. The summed E-state index contributed by atoms with van der Waals surface area (Å²) in [6.45, 7) is 0. The smallest absolute Gasteiger partial charge is 0.234 e. The first-order valence-corrected chi connectivity index (χ1v) is 5.11. The van der Waals surface area contributed by atoms with Crippen LogP contribution in [-0.4, -0.2) is 11.2 Å². The summed E-state index contributed by atoms with van der Waals surface area (Å²) in [4.78, 5) is 11.6. The zero-order chi connectivity index (χ0) is 10.7. The van der Waals surface area contributed by atoms with E-state index in [0.29, 0.717) is 5.57 Å². The maximum atomic E-state index is 10.8. The van der Waals surface area contributed by atoms with Crippen molar-refractivity contribution in [3.63, 3.8) is 0 Å². The second-order valence-electron chi connectivity index (χ2n) is 3.29. The first-order chi connectivity index (χ1) is 7.33. The molecule has 0 amide bonds. The number of allylic oxidation sites excluding steroid dienone is 4. The van der Waals surface area contributed by atoms with E-state index < -0.39 is 0 Å². The summed E-state index contributed by atoms with van der Waals surface area (Å²) in [5.41, 5.74) is 2.39. The minimum absolute atomic E-state index is 0.553. The zero-order valence-electron chi connectivity index (χ0n) is 8.07. The number of rotatable bonds is 2. The zero-order valence-corrected chi connectivity index (χ0v) is 8.88. The largest absolute Gasteiger partial charge is 0.285 e. The highest BCUT2D eigenvalue weighted by Gasteiger charge is 2.14. The van der Waals surface area contributed by atoms with Gasteiger partial charge in [0.2, 0.25) is 6.29 Å². The van der Waals surface area contributed by atoms with Gasteiger partial charge in [0.25, 0.3) is 0 Å². The first kappa shape index (κ1) is 9.99. The van der Waals surface area contributed by atoms with Crippen LogP contribution in [0, 0.1) is 0 Å². The topological polar surface area (TPSA) is 17.1 Å². The van der Waals surface area contributed by atoms with Gasteiger partial charge in [-0.2, -0.15) is 0 Å². The van der Waals surface area contributed by atoms with Gasteiger partial charge in [0, 0.05) is 22.4 Å². The van der Waals surface area contributed by atoms with Crippen LogP contribution in [0.3, 0.4) is 0 Å². The van der Waals surface area contributed by atoms with E-state index in [1.807, 2.05) is 42.7 Å². The molecule has 0 bridgehead atoms. The number of thiocarbonyl (C=S) groups is 1. The standard InChI is InChI=1S/C13H9OS/c14-9-11-7-4-8-12(15)13(11)10-5-2-1-3-6-10/h1-7H,8H2. The lowest BCUT2D eigenvalue weighted by molar-refractivity contribution is 0.563. The summed E-state index contributed by atoms with van der Waals surface area (Å²) >= 11 is 5.26. The fraction of sp³-hybridized carbons (Fsp3) is 0.0769. The Balaban J connectivity index is 2.57. The number of hydrogen-bond acceptors (Lipinski definition) is 2. The van der Waals surface area contributed by atoms with Crippen molar-refractivity contribution in [2.24, 2.45) is 0 Å². The van der Waals surface area contributed by atoms with Crippen LogP contribution in [0.1, 0.15) is 12.0 Å².